The van der Waals surface area contributed by atoms with Crippen molar-refractivity contribution >= 4 is 5.91 Å². The summed E-state index contributed by atoms with van der Waals surface area (Å²) in [5, 5.41) is 21.7. The van der Waals surface area contributed by atoms with Gasteiger partial charge in [-0.3, -0.25) is 4.79 Å². The second-order valence-corrected chi connectivity index (χ2v) is 5.16. The monoisotopic (exact) mass is 279 g/mol. The number of aliphatic hydroxyl groups is 1. The Morgan fingerprint density at radius 2 is 2.05 bits per heavy atom. The van der Waals surface area contributed by atoms with Crippen molar-refractivity contribution in [2.75, 3.05) is 13.2 Å². The first-order valence-corrected chi connectivity index (χ1v) is 7.01. The number of aliphatic hydroxyl groups excluding tert-OH is 1. The van der Waals surface area contributed by atoms with Crippen LogP contribution < -0.4 is 10.1 Å². The van der Waals surface area contributed by atoms with E-state index in [9.17, 15) is 15.0 Å². The number of hydrogen-bond acceptors (Lipinski definition) is 4. The number of hydrogen-bond donors (Lipinski definition) is 3. The van der Waals surface area contributed by atoms with E-state index >= 15 is 0 Å². The summed E-state index contributed by atoms with van der Waals surface area (Å²) in [5.74, 6) is 0.229. The highest BCUT2D eigenvalue weighted by Crippen LogP contribution is 2.25. The Kier molecular flexibility index (Phi) is 5.24. The van der Waals surface area contributed by atoms with E-state index in [2.05, 4.69) is 5.32 Å². The highest BCUT2D eigenvalue weighted by atomic mass is 16.5. The fourth-order valence-electron chi connectivity index (χ4n) is 2.59. The highest BCUT2D eigenvalue weighted by molar-refractivity contribution is 5.78. The number of carbonyl (C=O) groups is 1. The Labute approximate surface area is 118 Å². The maximum Gasteiger partial charge on any atom is 0.258 e. The van der Waals surface area contributed by atoms with Crippen molar-refractivity contribution in [2.24, 2.45) is 5.92 Å². The summed E-state index contributed by atoms with van der Waals surface area (Å²) in [5.41, 5.74) is 0. The maximum atomic E-state index is 11.9. The van der Waals surface area contributed by atoms with E-state index in [4.69, 9.17) is 4.74 Å². The number of nitrogens with one attached hydrogen (secondary N) is 1. The van der Waals surface area contributed by atoms with E-state index < -0.39 is 0 Å². The van der Waals surface area contributed by atoms with Gasteiger partial charge in [0.15, 0.2) is 18.1 Å². The molecule has 0 saturated heterocycles. The molecule has 20 heavy (non-hydrogen) atoms. The molecule has 2 unspecified atom stereocenters. The molecular weight excluding hydrogens is 258 g/mol. The number of amides is 1. The van der Waals surface area contributed by atoms with Crippen LogP contribution in [0, 0.1) is 5.92 Å². The van der Waals surface area contributed by atoms with E-state index in [1.807, 2.05) is 0 Å². The summed E-state index contributed by atoms with van der Waals surface area (Å²) in [6.45, 7) is -0.0303. The van der Waals surface area contributed by atoms with Gasteiger partial charge < -0.3 is 20.3 Å². The van der Waals surface area contributed by atoms with Crippen molar-refractivity contribution in [3.63, 3.8) is 0 Å². The molecule has 110 valence electrons. The van der Waals surface area contributed by atoms with Crippen LogP contribution >= 0.6 is 0 Å². The number of phenolic OH excluding ortho intramolecular Hbond substituents is 1. The molecule has 1 aromatic carbocycles. The summed E-state index contributed by atoms with van der Waals surface area (Å²) in [7, 11) is 0. The Balaban J connectivity index is 1.82. The number of phenols is 1. The first kappa shape index (κ1) is 14.7. The number of aromatic hydroxyl groups is 1. The molecule has 5 heteroatoms. The molecule has 0 aromatic heterocycles. The molecule has 0 radical (unpaired) electrons. The summed E-state index contributed by atoms with van der Waals surface area (Å²) >= 11 is 0. The number of carbonyl (C=O) groups excluding carboxylic acids is 1. The zero-order chi connectivity index (χ0) is 14.4. The third-order valence-corrected chi connectivity index (χ3v) is 3.71. The van der Waals surface area contributed by atoms with Gasteiger partial charge in [-0.2, -0.15) is 0 Å². The molecule has 2 atom stereocenters. The Morgan fingerprint density at radius 3 is 2.80 bits per heavy atom. The van der Waals surface area contributed by atoms with Crippen molar-refractivity contribution in [1.82, 2.24) is 5.32 Å². The van der Waals surface area contributed by atoms with Crippen molar-refractivity contribution in [1.29, 1.82) is 0 Å². The lowest BCUT2D eigenvalue weighted by Crippen LogP contribution is -2.45. The molecule has 1 fully saturated rings. The predicted octanol–water partition coefficient (Wildman–Crippen LogP) is 1.44. The van der Waals surface area contributed by atoms with Crippen LogP contribution in [0.5, 0.6) is 11.5 Å². The predicted molar refractivity (Wildman–Crippen MR) is 74.6 cm³/mol. The van der Waals surface area contributed by atoms with Gasteiger partial charge in [0.2, 0.25) is 0 Å². The average molecular weight is 279 g/mol. The standard InChI is InChI=1S/C15H21NO4/c17-9-11-5-1-2-6-12(11)16-15(19)10-20-14-8-4-3-7-13(14)18/h3-4,7-8,11-12,17-18H,1-2,5-6,9-10H2,(H,16,19). The van der Waals surface area contributed by atoms with Crippen LogP contribution in [0.25, 0.3) is 0 Å². The largest absolute Gasteiger partial charge is 0.504 e. The number of rotatable bonds is 5. The van der Waals surface area contributed by atoms with Gasteiger partial charge >= 0.3 is 0 Å². The van der Waals surface area contributed by atoms with Crippen molar-refractivity contribution in [3.8, 4) is 11.5 Å². The van der Waals surface area contributed by atoms with Crippen LogP contribution in [0.4, 0.5) is 0 Å². The lowest BCUT2D eigenvalue weighted by molar-refractivity contribution is -0.124. The van der Waals surface area contributed by atoms with Crippen LogP contribution in [-0.2, 0) is 4.79 Å². The van der Waals surface area contributed by atoms with E-state index in [1.54, 1.807) is 18.2 Å². The fraction of sp³-hybridized carbons (Fsp3) is 0.533. The van der Waals surface area contributed by atoms with Crippen LogP contribution in [-0.4, -0.2) is 35.4 Å². The first-order chi connectivity index (χ1) is 9.70. The summed E-state index contributed by atoms with van der Waals surface area (Å²) < 4.78 is 5.28. The quantitative estimate of drug-likeness (QED) is 0.762. The van der Waals surface area contributed by atoms with E-state index in [1.165, 1.54) is 6.07 Å². The van der Waals surface area contributed by atoms with Crippen molar-refractivity contribution in [2.45, 2.75) is 31.7 Å². The molecular formula is C15H21NO4. The van der Waals surface area contributed by atoms with Gasteiger partial charge in [-0.25, -0.2) is 0 Å². The number of para-hydroxylation sites is 2. The van der Waals surface area contributed by atoms with Gasteiger partial charge in [0.05, 0.1) is 0 Å². The minimum absolute atomic E-state index is 0.0196. The molecule has 3 N–H and O–H groups in total. The van der Waals surface area contributed by atoms with Crippen molar-refractivity contribution < 1.29 is 19.7 Å². The van der Waals surface area contributed by atoms with E-state index in [0.717, 1.165) is 25.7 Å². The highest BCUT2D eigenvalue weighted by Gasteiger charge is 2.25. The Bertz CT molecular complexity index is 449. The Morgan fingerprint density at radius 1 is 1.30 bits per heavy atom. The lowest BCUT2D eigenvalue weighted by atomic mass is 9.85. The Hall–Kier alpha value is -1.75. The first-order valence-electron chi connectivity index (χ1n) is 7.01. The summed E-state index contributed by atoms with van der Waals surface area (Å²) in [6, 6.07) is 6.57. The molecule has 1 aliphatic carbocycles. The second-order valence-electron chi connectivity index (χ2n) is 5.16. The normalized spacial score (nSPS) is 22.2. The van der Waals surface area contributed by atoms with Crippen LogP contribution in [0.2, 0.25) is 0 Å². The van der Waals surface area contributed by atoms with Crippen LogP contribution in [0.3, 0.4) is 0 Å². The topological polar surface area (TPSA) is 78.8 Å². The SMILES string of the molecule is O=C(COc1ccccc1O)NC1CCCCC1CO. The molecule has 0 aliphatic heterocycles. The van der Waals surface area contributed by atoms with Gasteiger partial charge in [0.1, 0.15) is 0 Å². The minimum atomic E-state index is -0.224. The van der Waals surface area contributed by atoms with Gasteiger partial charge in [-0.05, 0) is 25.0 Å². The van der Waals surface area contributed by atoms with Gasteiger partial charge in [0, 0.05) is 18.6 Å². The molecule has 1 aromatic rings. The molecule has 0 bridgehead atoms. The molecule has 0 heterocycles. The van der Waals surface area contributed by atoms with Crippen molar-refractivity contribution in [3.05, 3.63) is 24.3 Å². The van der Waals surface area contributed by atoms with E-state index in [0.29, 0.717) is 5.75 Å². The number of benzene rings is 1. The molecule has 1 aliphatic rings. The zero-order valence-corrected chi connectivity index (χ0v) is 11.4. The summed E-state index contributed by atoms with van der Waals surface area (Å²) in [4.78, 5) is 11.9. The zero-order valence-electron chi connectivity index (χ0n) is 11.4. The number of ether oxygens (including phenoxy) is 1. The van der Waals surface area contributed by atoms with Gasteiger partial charge in [0.25, 0.3) is 5.91 Å². The molecule has 5 nitrogen and oxygen atoms in total. The molecule has 1 saturated carbocycles. The van der Waals surface area contributed by atoms with Crippen LogP contribution in [0.1, 0.15) is 25.7 Å². The fourth-order valence-corrected chi connectivity index (χ4v) is 2.59. The maximum absolute atomic E-state index is 11.9. The minimum Gasteiger partial charge on any atom is -0.504 e. The van der Waals surface area contributed by atoms with Crippen LogP contribution in [0.15, 0.2) is 24.3 Å². The second kappa shape index (κ2) is 7.14. The summed E-state index contributed by atoms with van der Waals surface area (Å²) in [6.07, 6.45) is 4.02. The third kappa shape index (κ3) is 3.87. The van der Waals surface area contributed by atoms with Gasteiger partial charge in [-0.15, -0.1) is 0 Å². The van der Waals surface area contributed by atoms with Gasteiger partial charge in [-0.1, -0.05) is 25.0 Å². The third-order valence-electron chi connectivity index (χ3n) is 3.71. The average Bonchev–Trinajstić information content (AvgIpc) is 2.47. The smallest absolute Gasteiger partial charge is 0.258 e. The lowest BCUT2D eigenvalue weighted by Gasteiger charge is -2.30. The van der Waals surface area contributed by atoms with E-state index in [-0.39, 0.29) is 36.8 Å². The molecule has 0 spiro atoms. The molecule has 2 rings (SSSR count). The molecule has 1 amide bonds.